The van der Waals surface area contributed by atoms with Gasteiger partial charge in [0.25, 0.3) is 5.91 Å². The number of esters is 1. The molecule has 0 saturated heterocycles. The first-order valence-corrected chi connectivity index (χ1v) is 9.40. The number of anilines is 2. The molecule has 0 saturated carbocycles. The van der Waals surface area contributed by atoms with E-state index in [9.17, 15) is 9.59 Å². The van der Waals surface area contributed by atoms with Gasteiger partial charge >= 0.3 is 5.97 Å². The second kappa shape index (κ2) is 9.50. The predicted molar refractivity (Wildman–Crippen MR) is 112 cm³/mol. The van der Waals surface area contributed by atoms with Crippen molar-refractivity contribution in [3.8, 4) is 0 Å². The summed E-state index contributed by atoms with van der Waals surface area (Å²) in [6, 6.07) is 18.3. The number of nitrogens with zero attached hydrogens (tertiary/aromatic N) is 1. The molecule has 6 nitrogen and oxygen atoms in total. The molecule has 148 valence electrons. The Hall–Kier alpha value is -3.67. The molecule has 0 bridgehead atoms. The smallest absolute Gasteiger partial charge is 0.340 e. The van der Waals surface area contributed by atoms with Crippen LogP contribution in [0.5, 0.6) is 0 Å². The lowest BCUT2D eigenvalue weighted by atomic mass is 10.1. The Balaban J connectivity index is 1.70. The van der Waals surface area contributed by atoms with Gasteiger partial charge in [-0.25, -0.2) is 9.78 Å². The molecular weight excluding hydrogens is 366 g/mol. The predicted octanol–water partition coefficient (Wildman–Crippen LogP) is 4.24. The van der Waals surface area contributed by atoms with Gasteiger partial charge in [0.15, 0.2) is 0 Å². The number of carbonyl (C=O) groups is 2. The van der Waals surface area contributed by atoms with Crippen LogP contribution in [0.1, 0.15) is 38.8 Å². The fourth-order valence-corrected chi connectivity index (χ4v) is 2.75. The molecule has 29 heavy (non-hydrogen) atoms. The summed E-state index contributed by atoms with van der Waals surface area (Å²) in [7, 11) is 0. The molecule has 0 atom stereocenters. The number of para-hydroxylation sites is 1. The van der Waals surface area contributed by atoms with E-state index in [0.29, 0.717) is 35.8 Å². The third-order valence-corrected chi connectivity index (χ3v) is 4.28. The van der Waals surface area contributed by atoms with Gasteiger partial charge in [-0.15, -0.1) is 0 Å². The zero-order valence-corrected chi connectivity index (χ0v) is 16.4. The SMILES string of the molecule is CCOC(=O)c1ccccc1Nc1cc(C(=O)NCc2ccc(C)cc2)ccn1. The molecule has 1 aromatic heterocycles. The minimum Gasteiger partial charge on any atom is -0.462 e. The minimum atomic E-state index is -0.414. The Labute approximate surface area is 169 Å². The number of hydrogen-bond acceptors (Lipinski definition) is 5. The van der Waals surface area contributed by atoms with Crippen LogP contribution in [0.2, 0.25) is 0 Å². The molecule has 3 rings (SSSR count). The van der Waals surface area contributed by atoms with E-state index in [1.807, 2.05) is 37.3 Å². The number of rotatable bonds is 7. The maximum atomic E-state index is 12.5. The highest BCUT2D eigenvalue weighted by Gasteiger charge is 2.13. The van der Waals surface area contributed by atoms with E-state index in [1.54, 1.807) is 43.5 Å². The van der Waals surface area contributed by atoms with Crippen molar-refractivity contribution >= 4 is 23.4 Å². The van der Waals surface area contributed by atoms with Crippen LogP contribution in [-0.4, -0.2) is 23.5 Å². The van der Waals surface area contributed by atoms with Crippen LogP contribution in [0.3, 0.4) is 0 Å². The number of aromatic nitrogens is 1. The molecule has 1 heterocycles. The Kier molecular flexibility index (Phi) is 6.58. The van der Waals surface area contributed by atoms with Crippen molar-refractivity contribution in [3.63, 3.8) is 0 Å². The Morgan fingerprint density at radius 1 is 1.03 bits per heavy atom. The van der Waals surface area contributed by atoms with Crippen LogP contribution in [0.15, 0.2) is 66.9 Å². The number of benzene rings is 2. The summed E-state index contributed by atoms with van der Waals surface area (Å²) < 4.78 is 5.09. The van der Waals surface area contributed by atoms with E-state index < -0.39 is 5.97 Å². The van der Waals surface area contributed by atoms with Gasteiger partial charge in [0, 0.05) is 18.3 Å². The Bertz CT molecular complexity index is 1000. The van der Waals surface area contributed by atoms with Crippen molar-refractivity contribution < 1.29 is 14.3 Å². The summed E-state index contributed by atoms with van der Waals surface area (Å²) in [5, 5.41) is 6.00. The van der Waals surface area contributed by atoms with Crippen LogP contribution >= 0.6 is 0 Å². The summed E-state index contributed by atoms with van der Waals surface area (Å²) in [6.07, 6.45) is 1.55. The Morgan fingerprint density at radius 3 is 2.55 bits per heavy atom. The molecule has 0 unspecified atom stereocenters. The standard InChI is InChI=1S/C23H23N3O3/c1-3-29-23(28)19-6-4-5-7-20(19)26-21-14-18(12-13-24-21)22(27)25-15-17-10-8-16(2)9-11-17/h4-14H,3,15H2,1-2H3,(H,24,26)(H,25,27). The summed E-state index contributed by atoms with van der Waals surface area (Å²) in [5.41, 5.74) is 3.65. The van der Waals surface area contributed by atoms with Gasteiger partial charge in [-0.1, -0.05) is 42.0 Å². The molecule has 0 aliphatic carbocycles. The number of amides is 1. The molecule has 0 spiro atoms. The van der Waals surface area contributed by atoms with E-state index in [1.165, 1.54) is 5.56 Å². The highest BCUT2D eigenvalue weighted by Crippen LogP contribution is 2.21. The van der Waals surface area contributed by atoms with Crippen LogP contribution in [0.4, 0.5) is 11.5 Å². The second-order valence-electron chi connectivity index (χ2n) is 6.49. The molecule has 1 amide bonds. The topological polar surface area (TPSA) is 80.3 Å². The number of aryl methyl sites for hydroxylation is 1. The summed E-state index contributed by atoms with van der Waals surface area (Å²) in [4.78, 5) is 28.9. The van der Waals surface area contributed by atoms with Gasteiger partial charge in [-0.2, -0.15) is 0 Å². The fraction of sp³-hybridized carbons (Fsp3) is 0.174. The van der Waals surface area contributed by atoms with Crippen molar-refractivity contribution in [1.29, 1.82) is 0 Å². The van der Waals surface area contributed by atoms with E-state index in [0.717, 1.165) is 5.56 Å². The number of hydrogen-bond donors (Lipinski definition) is 2. The average Bonchev–Trinajstić information content (AvgIpc) is 2.74. The summed E-state index contributed by atoms with van der Waals surface area (Å²) in [6.45, 7) is 4.51. The normalized spacial score (nSPS) is 10.3. The zero-order valence-electron chi connectivity index (χ0n) is 16.4. The van der Waals surface area contributed by atoms with Crippen LogP contribution < -0.4 is 10.6 Å². The van der Waals surface area contributed by atoms with Gasteiger partial charge in [0.05, 0.1) is 17.9 Å². The van der Waals surface area contributed by atoms with Gasteiger partial charge in [-0.05, 0) is 43.7 Å². The molecule has 6 heteroatoms. The van der Waals surface area contributed by atoms with Crippen LogP contribution in [-0.2, 0) is 11.3 Å². The van der Waals surface area contributed by atoms with Gasteiger partial charge in [0.2, 0.25) is 0 Å². The first-order chi connectivity index (χ1) is 14.1. The number of carbonyl (C=O) groups excluding carboxylic acids is 2. The lowest BCUT2D eigenvalue weighted by Gasteiger charge is -2.11. The van der Waals surface area contributed by atoms with Gasteiger partial charge < -0.3 is 15.4 Å². The van der Waals surface area contributed by atoms with Crippen LogP contribution in [0.25, 0.3) is 0 Å². The van der Waals surface area contributed by atoms with Crippen molar-refractivity contribution in [2.24, 2.45) is 0 Å². The van der Waals surface area contributed by atoms with Crippen molar-refractivity contribution in [3.05, 3.63) is 89.1 Å². The second-order valence-corrected chi connectivity index (χ2v) is 6.49. The lowest BCUT2D eigenvalue weighted by Crippen LogP contribution is -2.22. The highest BCUT2D eigenvalue weighted by molar-refractivity contribution is 5.97. The van der Waals surface area contributed by atoms with Crippen molar-refractivity contribution in [2.75, 3.05) is 11.9 Å². The molecule has 0 fully saturated rings. The fourth-order valence-electron chi connectivity index (χ4n) is 2.75. The summed E-state index contributed by atoms with van der Waals surface area (Å²) in [5.74, 6) is -0.151. The molecule has 0 aliphatic heterocycles. The third-order valence-electron chi connectivity index (χ3n) is 4.28. The van der Waals surface area contributed by atoms with Gasteiger partial charge in [0.1, 0.15) is 5.82 Å². The molecule has 2 N–H and O–H groups in total. The maximum absolute atomic E-state index is 12.5. The monoisotopic (exact) mass is 389 g/mol. The molecule has 2 aromatic carbocycles. The molecular formula is C23H23N3O3. The number of ether oxygens (including phenoxy) is 1. The molecule has 0 aliphatic rings. The number of pyridine rings is 1. The lowest BCUT2D eigenvalue weighted by molar-refractivity contribution is 0.0527. The molecule has 3 aromatic rings. The number of nitrogens with one attached hydrogen (secondary N) is 2. The van der Waals surface area contributed by atoms with Crippen LogP contribution in [0, 0.1) is 6.92 Å². The van der Waals surface area contributed by atoms with Crippen molar-refractivity contribution in [2.45, 2.75) is 20.4 Å². The largest absolute Gasteiger partial charge is 0.462 e. The molecule has 0 radical (unpaired) electrons. The van der Waals surface area contributed by atoms with Crippen molar-refractivity contribution in [1.82, 2.24) is 10.3 Å². The zero-order chi connectivity index (χ0) is 20.6. The average molecular weight is 389 g/mol. The minimum absolute atomic E-state index is 0.199. The van der Waals surface area contributed by atoms with E-state index in [4.69, 9.17) is 4.74 Å². The van der Waals surface area contributed by atoms with E-state index in [2.05, 4.69) is 15.6 Å². The Morgan fingerprint density at radius 2 is 1.79 bits per heavy atom. The third kappa shape index (κ3) is 5.42. The van der Waals surface area contributed by atoms with E-state index in [-0.39, 0.29) is 5.91 Å². The quantitative estimate of drug-likeness (QED) is 0.591. The summed E-state index contributed by atoms with van der Waals surface area (Å²) >= 11 is 0. The van der Waals surface area contributed by atoms with Gasteiger partial charge in [-0.3, -0.25) is 4.79 Å². The maximum Gasteiger partial charge on any atom is 0.340 e. The first kappa shape index (κ1) is 20.1. The highest BCUT2D eigenvalue weighted by atomic mass is 16.5. The van der Waals surface area contributed by atoms with E-state index >= 15 is 0 Å². The first-order valence-electron chi connectivity index (χ1n) is 9.40.